The molecule has 66 valence electrons. The molecule has 0 aliphatic rings. The third-order valence-electron chi connectivity index (χ3n) is 1.36. The number of rotatable bonds is 5. The Morgan fingerprint density at radius 1 is 1.73 bits per heavy atom. The smallest absolute Gasteiger partial charge is 0.259 e. The fourth-order valence-electron chi connectivity index (χ4n) is 0.749. The van der Waals surface area contributed by atoms with Crippen LogP contribution in [0.25, 0.3) is 0 Å². The molecule has 0 aliphatic heterocycles. The maximum atomic E-state index is 10.6. The van der Waals surface area contributed by atoms with Crippen molar-refractivity contribution < 1.29 is 9.53 Å². The first-order valence-electron chi connectivity index (χ1n) is 3.81. The first-order valence-corrected chi connectivity index (χ1v) is 3.81. The van der Waals surface area contributed by atoms with Crippen LogP contribution in [0, 0.1) is 0 Å². The normalized spacial score (nSPS) is 12.6. The SMILES string of the molecule is CCCC(C)OCC(=O)NN. The van der Waals surface area contributed by atoms with Crippen molar-refractivity contribution >= 4 is 5.91 Å². The van der Waals surface area contributed by atoms with Crippen LogP contribution in [-0.4, -0.2) is 18.6 Å². The van der Waals surface area contributed by atoms with Crippen LogP contribution >= 0.6 is 0 Å². The molecule has 0 aliphatic carbocycles. The van der Waals surface area contributed by atoms with Crippen molar-refractivity contribution in [3.05, 3.63) is 0 Å². The van der Waals surface area contributed by atoms with Gasteiger partial charge in [0.2, 0.25) is 0 Å². The zero-order chi connectivity index (χ0) is 8.69. The van der Waals surface area contributed by atoms with Gasteiger partial charge in [-0.3, -0.25) is 10.2 Å². The highest BCUT2D eigenvalue weighted by molar-refractivity contribution is 5.76. The molecule has 0 heterocycles. The lowest BCUT2D eigenvalue weighted by Gasteiger charge is -2.10. The van der Waals surface area contributed by atoms with E-state index in [1.165, 1.54) is 0 Å². The molecule has 0 spiro atoms. The van der Waals surface area contributed by atoms with Gasteiger partial charge >= 0.3 is 0 Å². The van der Waals surface area contributed by atoms with Crippen LogP contribution in [0.5, 0.6) is 0 Å². The molecule has 0 saturated heterocycles. The Kier molecular flexibility index (Phi) is 5.78. The number of hydrogen-bond donors (Lipinski definition) is 2. The summed E-state index contributed by atoms with van der Waals surface area (Å²) in [6.45, 7) is 4.06. The molecule has 4 heteroatoms. The van der Waals surface area contributed by atoms with Gasteiger partial charge in [-0.1, -0.05) is 13.3 Å². The molecule has 0 bridgehead atoms. The number of ether oxygens (including phenoxy) is 1. The van der Waals surface area contributed by atoms with Crippen molar-refractivity contribution in [2.24, 2.45) is 5.84 Å². The Labute approximate surface area is 67.1 Å². The maximum Gasteiger partial charge on any atom is 0.259 e. The van der Waals surface area contributed by atoms with Crippen LogP contribution in [0.4, 0.5) is 0 Å². The number of nitrogens with one attached hydrogen (secondary N) is 1. The van der Waals surface area contributed by atoms with Crippen LogP contribution in [0.1, 0.15) is 26.7 Å². The average Bonchev–Trinajstić information content (AvgIpc) is 2.01. The predicted molar refractivity (Wildman–Crippen MR) is 42.7 cm³/mol. The number of nitrogens with two attached hydrogens (primary N) is 1. The Balaban J connectivity index is 3.29. The summed E-state index contributed by atoms with van der Waals surface area (Å²) < 4.78 is 5.14. The van der Waals surface area contributed by atoms with E-state index in [9.17, 15) is 4.79 Å². The fourth-order valence-corrected chi connectivity index (χ4v) is 0.749. The summed E-state index contributed by atoms with van der Waals surface area (Å²) in [5, 5.41) is 0. The van der Waals surface area contributed by atoms with Gasteiger partial charge in [-0.05, 0) is 13.3 Å². The summed E-state index contributed by atoms with van der Waals surface area (Å²) >= 11 is 0. The van der Waals surface area contributed by atoms with Gasteiger partial charge in [0.1, 0.15) is 6.61 Å². The molecule has 1 unspecified atom stereocenters. The van der Waals surface area contributed by atoms with Gasteiger partial charge in [-0.2, -0.15) is 0 Å². The lowest BCUT2D eigenvalue weighted by Crippen LogP contribution is -2.34. The second-order valence-electron chi connectivity index (χ2n) is 2.48. The molecule has 0 saturated carbocycles. The Hall–Kier alpha value is -0.610. The molecule has 1 atom stereocenters. The van der Waals surface area contributed by atoms with Crippen molar-refractivity contribution in [3.8, 4) is 0 Å². The molecule has 11 heavy (non-hydrogen) atoms. The highest BCUT2D eigenvalue weighted by Crippen LogP contribution is 1.99. The number of amides is 1. The summed E-state index contributed by atoms with van der Waals surface area (Å²) in [6.07, 6.45) is 2.17. The predicted octanol–water partition coefficient (Wildman–Crippen LogP) is 0.181. The largest absolute Gasteiger partial charge is 0.369 e. The van der Waals surface area contributed by atoms with Crippen molar-refractivity contribution in [1.29, 1.82) is 0 Å². The summed E-state index contributed by atoms with van der Waals surface area (Å²) in [7, 11) is 0. The molecule has 4 nitrogen and oxygen atoms in total. The molecule has 0 radical (unpaired) electrons. The van der Waals surface area contributed by atoms with E-state index >= 15 is 0 Å². The summed E-state index contributed by atoms with van der Waals surface area (Å²) in [4.78, 5) is 10.6. The molecule has 1 amide bonds. The van der Waals surface area contributed by atoms with E-state index in [1.54, 1.807) is 0 Å². The minimum Gasteiger partial charge on any atom is -0.369 e. The molecule has 0 aromatic rings. The zero-order valence-electron chi connectivity index (χ0n) is 7.09. The number of hydrazine groups is 1. The van der Waals surface area contributed by atoms with Crippen molar-refractivity contribution in [3.63, 3.8) is 0 Å². The number of hydrogen-bond acceptors (Lipinski definition) is 3. The minimum absolute atomic E-state index is 0.0532. The van der Waals surface area contributed by atoms with Gasteiger partial charge in [0.15, 0.2) is 0 Å². The van der Waals surface area contributed by atoms with Crippen LogP contribution in [0.2, 0.25) is 0 Å². The highest BCUT2D eigenvalue weighted by atomic mass is 16.5. The number of carbonyl (C=O) groups excluding carboxylic acids is 1. The van der Waals surface area contributed by atoms with E-state index < -0.39 is 0 Å². The standard InChI is InChI=1S/C7H16N2O2/c1-3-4-6(2)11-5-7(10)9-8/h6H,3-5,8H2,1-2H3,(H,9,10). The van der Waals surface area contributed by atoms with Gasteiger partial charge in [0, 0.05) is 0 Å². The minimum atomic E-state index is -0.284. The van der Waals surface area contributed by atoms with Crippen molar-refractivity contribution in [1.82, 2.24) is 5.43 Å². The Morgan fingerprint density at radius 3 is 2.82 bits per heavy atom. The Morgan fingerprint density at radius 2 is 2.36 bits per heavy atom. The highest BCUT2D eigenvalue weighted by Gasteiger charge is 2.03. The second kappa shape index (κ2) is 6.12. The van der Waals surface area contributed by atoms with Crippen molar-refractivity contribution in [2.45, 2.75) is 32.8 Å². The molecule has 0 rings (SSSR count). The van der Waals surface area contributed by atoms with Gasteiger partial charge in [-0.25, -0.2) is 5.84 Å². The molecule has 0 fully saturated rings. The van der Waals surface area contributed by atoms with Gasteiger partial charge < -0.3 is 4.74 Å². The quantitative estimate of drug-likeness (QED) is 0.342. The van der Waals surface area contributed by atoms with Crippen LogP contribution in [0.15, 0.2) is 0 Å². The molecule has 0 aromatic heterocycles. The van der Waals surface area contributed by atoms with Gasteiger partial charge in [0.05, 0.1) is 6.10 Å². The van der Waals surface area contributed by atoms with Crippen molar-refractivity contribution in [2.75, 3.05) is 6.61 Å². The molecule has 0 aromatic carbocycles. The summed E-state index contributed by atoms with van der Waals surface area (Å²) in [6, 6.07) is 0. The first kappa shape index (κ1) is 10.4. The van der Waals surface area contributed by atoms with Crippen LogP contribution in [-0.2, 0) is 9.53 Å². The van der Waals surface area contributed by atoms with Crippen LogP contribution in [0.3, 0.4) is 0 Å². The Bertz CT molecular complexity index is 117. The molecule has 3 N–H and O–H groups in total. The van der Waals surface area contributed by atoms with E-state index in [4.69, 9.17) is 10.6 Å². The van der Waals surface area contributed by atoms with Crippen LogP contribution < -0.4 is 11.3 Å². The monoisotopic (exact) mass is 160 g/mol. The van der Waals surface area contributed by atoms with E-state index in [0.29, 0.717) is 0 Å². The average molecular weight is 160 g/mol. The van der Waals surface area contributed by atoms with E-state index in [2.05, 4.69) is 6.92 Å². The summed E-state index contributed by atoms with van der Waals surface area (Å²) in [5.74, 6) is 4.57. The topological polar surface area (TPSA) is 64.3 Å². The van der Waals surface area contributed by atoms with Gasteiger partial charge in [0.25, 0.3) is 5.91 Å². The maximum absolute atomic E-state index is 10.6. The lowest BCUT2D eigenvalue weighted by molar-refractivity contribution is -0.127. The van der Waals surface area contributed by atoms with E-state index in [0.717, 1.165) is 12.8 Å². The lowest BCUT2D eigenvalue weighted by atomic mass is 10.2. The van der Waals surface area contributed by atoms with E-state index in [1.807, 2.05) is 12.3 Å². The fraction of sp³-hybridized carbons (Fsp3) is 0.857. The third kappa shape index (κ3) is 5.82. The second-order valence-corrected chi connectivity index (χ2v) is 2.48. The summed E-state index contributed by atoms with van der Waals surface area (Å²) in [5.41, 5.74) is 2.00. The van der Waals surface area contributed by atoms with E-state index in [-0.39, 0.29) is 18.6 Å². The molecular formula is C7H16N2O2. The zero-order valence-corrected chi connectivity index (χ0v) is 7.09. The molecular weight excluding hydrogens is 144 g/mol. The van der Waals surface area contributed by atoms with Gasteiger partial charge in [-0.15, -0.1) is 0 Å². The third-order valence-corrected chi connectivity index (χ3v) is 1.36. The number of carbonyl (C=O) groups is 1. The first-order chi connectivity index (χ1) is 5.20.